The van der Waals surface area contributed by atoms with Crippen LogP contribution in [0.25, 0.3) is 20.9 Å². The van der Waals surface area contributed by atoms with Gasteiger partial charge in [0.1, 0.15) is 22.3 Å². The molecule has 0 unspecified atom stereocenters. The van der Waals surface area contributed by atoms with Crippen molar-refractivity contribution in [3.05, 3.63) is 54.2 Å². The maximum absolute atomic E-state index is 4.84. The second-order valence-corrected chi connectivity index (χ2v) is 8.25. The van der Waals surface area contributed by atoms with Gasteiger partial charge in [0.15, 0.2) is 0 Å². The van der Waals surface area contributed by atoms with E-state index in [9.17, 15) is 0 Å². The van der Waals surface area contributed by atoms with Crippen LogP contribution < -0.4 is 5.32 Å². The van der Waals surface area contributed by atoms with Gasteiger partial charge in [0.05, 0.1) is 22.1 Å². The standard InChI is InChI=1S/C21H21N7S/c1-14-4-5-19(25-17(14)13-28-8-2-3-9-28)27-20-10-15-18(12-24-20)29-21(26-15)16-11-22-6-7-23-16/h4-7,10-12H,2-3,8-9,13H2,1H3,(H,24,25,27). The zero-order chi connectivity index (χ0) is 19.6. The van der Waals surface area contributed by atoms with Crippen molar-refractivity contribution >= 4 is 33.2 Å². The Bertz CT molecular complexity index is 1140. The predicted octanol–water partition coefficient (Wildman–Crippen LogP) is 4.19. The van der Waals surface area contributed by atoms with E-state index in [1.807, 2.05) is 18.3 Å². The number of pyridine rings is 2. The molecule has 4 aromatic heterocycles. The van der Waals surface area contributed by atoms with Crippen LogP contribution in [0.3, 0.4) is 0 Å². The number of hydrogen-bond acceptors (Lipinski definition) is 8. The van der Waals surface area contributed by atoms with Gasteiger partial charge in [-0.05, 0) is 44.5 Å². The third kappa shape index (κ3) is 3.94. The maximum Gasteiger partial charge on any atom is 0.144 e. The number of anilines is 2. The van der Waals surface area contributed by atoms with Crippen LogP contribution in [0, 0.1) is 6.92 Å². The van der Waals surface area contributed by atoms with Gasteiger partial charge in [-0.3, -0.25) is 14.9 Å². The van der Waals surface area contributed by atoms with Crippen LogP contribution in [-0.2, 0) is 6.54 Å². The highest BCUT2D eigenvalue weighted by molar-refractivity contribution is 7.21. The molecule has 0 aromatic carbocycles. The van der Waals surface area contributed by atoms with Crippen molar-refractivity contribution in [1.82, 2.24) is 29.8 Å². The molecule has 0 spiro atoms. The van der Waals surface area contributed by atoms with E-state index in [-0.39, 0.29) is 0 Å². The van der Waals surface area contributed by atoms with Crippen LogP contribution >= 0.6 is 11.3 Å². The number of aryl methyl sites for hydroxylation is 1. The summed E-state index contributed by atoms with van der Waals surface area (Å²) < 4.78 is 1.02. The molecular weight excluding hydrogens is 382 g/mol. The molecule has 0 atom stereocenters. The fraction of sp³-hybridized carbons (Fsp3) is 0.286. The maximum atomic E-state index is 4.84. The van der Waals surface area contributed by atoms with E-state index in [2.05, 4.69) is 38.2 Å². The molecule has 0 saturated carbocycles. The Kier molecular flexibility index (Phi) is 4.87. The van der Waals surface area contributed by atoms with E-state index in [1.54, 1.807) is 29.9 Å². The number of nitrogens with zero attached hydrogens (tertiary/aromatic N) is 6. The average molecular weight is 404 g/mol. The number of rotatable bonds is 5. The highest BCUT2D eigenvalue weighted by Gasteiger charge is 2.14. The molecule has 1 aliphatic rings. The van der Waals surface area contributed by atoms with Crippen LogP contribution in [0.4, 0.5) is 11.6 Å². The van der Waals surface area contributed by atoms with E-state index in [0.717, 1.165) is 57.9 Å². The van der Waals surface area contributed by atoms with Crippen LogP contribution in [0.5, 0.6) is 0 Å². The van der Waals surface area contributed by atoms with Gasteiger partial charge < -0.3 is 5.32 Å². The molecular formula is C21H21N7S. The van der Waals surface area contributed by atoms with Crippen molar-refractivity contribution in [2.24, 2.45) is 0 Å². The first-order valence-electron chi connectivity index (χ1n) is 9.73. The Morgan fingerprint density at radius 2 is 1.93 bits per heavy atom. The van der Waals surface area contributed by atoms with Gasteiger partial charge in [0, 0.05) is 31.2 Å². The number of thiazole rings is 1. The van der Waals surface area contributed by atoms with Crippen LogP contribution in [-0.4, -0.2) is 42.9 Å². The smallest absolute Gasteiger partial charge is 0.144 e. The molecule has 5 rings (SSSR count). The lowest BCUT2D eigenvalue weighted by molar-refractivity contribution is 0.326. The number of nitrogens with one attached hydrogen (secondary N) is 1. The van der Waals surface area contributed by atoms with Gasteiger partial charge in [-0.15, -0.1) is 11.3 Å². The summed E-state index contributed by atoms with van der Waals surface area (Å²) in [5.41, 5.74) is 4.00. The number of aromatic nitrogens is 5. The third-order valence-electron chi connectivity index (χ3n) is 5.09. The van der Waals surface area contributed by atoms with Gasteiger partial charge in [-0.1, -0.05) is 6.07 Å². The molecule has 0 bridgehead atoms. The molecule has 7 nitrogen and oxygen atoms in total. The molecule has 0 amide bonds. The Morgan fingerprint density at radius 3 is 2.76 bits per heavy atom. The Labute approximate surface area is 172 Å². The summed E-state index contributed by atoms with van der Waals surface area (Å²) in [5.74, 6) is 1.54. The summed E-state index contributed by atoms with van der Waals surface area (Å²) in [5, 5.41) is 4.17. The Balaban J connectivity index is 1.38. The molecule has 1 saturated heterocycles. The van der Waals surface area contributed by atoms with Gasteiger partial charge in [0.25, 0.3) is 0 Å². The summed E-state index contributed by atoms with van der Waals surface area (Å²) in [4.78, 5) is 25.0. The van der Waals surface area contributed by atoms with Crippen molar-refractivity contribution in [2.75, 3.05) is 18.4 Å². The molecule has 8 heteroatoms. The minimum atomic E-state index is 0.733. The van der Waals surface area contributed by atoms with E-state index in [4.69, 9.17) is 9.97 Å². The van der Waals surface area contributed by atoms with Crippen LogP contribution in [0.1, 0.15) is 24.1 Å². The lowest BCUT2D eigenvalue weighted by Gasteiger charge is -2.16. The molecule has 1 fully saturated rings. The molecule has 29 heavy (non-hydrogen) atoms. The number of likely N-dealkylation sites (tertiary alicyclic amines) is 1. The fourth-order valence-corrected chi connectivity index (χ4v) is 4.38. The molecule has 0 radical (unpaired) electrons. The van der Waals surface area contributed by atoms with Crippen LogP contribution in [0.2, 0.25) is 0 Å². The Hall–Kier alpha value is -2.97. The first kappa shape index (κ1) is 18.1. The summed E-state index contributed by atoms with van der Waals surface area (Å²) >= 11 is 1.56. The summed E-state index contributed by atoms with van der Waals surface area (Å²) in [6, 6.07) is 6.07. The molecule has 5 heterocycles. The van der Waals surface area contributed by atoms with Crippen molar-refractivity contribution in [3.63, 3.8) is 0 Å². The number of fused-ring (bicyclic) bond motifs is 1. The van der Waals surface area contributed by atoms with Gasteiger partial charge in [-0.2, -0.15) is 0 Å². The van der Waals surface area contributed by atoms with E-state index in [1.165, 1.54) is 18.4 Å². The topological polar surface area (TPSA) is 79.7 Å². The third-order valence-corrected chi connectivity index (χ3v) is 6.12. The highest BCUT2D eigenvalue weighted by Crippen LogP contribution is 2.29. The quantitative estimate of drug-likeness (QED) is 0.535. The normalized spacial score (nSPS) is 14.5. The molecule has 4 aromatic rings. The summed E-state index contributed by atoms with van der Waals surface area (Å²) in [6.45, 7) is 5.35. The van der Waals surface area contributed by atoms with E-state index < -0.39 is 0 Å². The zero-order valence-corrected chi connectivity index (χ0v) is 17.0. The number of hydrogen-bond donors (Lipinski definition) is 1. The second-order valence-electron chi connectivity index (χ2n) is 7.22. The molecule has 146 valence electrons. The van der Waals surface area contributed by atoms with Crippen molar-refractivity contribution < 1.29 is 0 Å². The van der Waals surface area contributed by atoms with Crippen molar-refractivity contribution in [1.29, 1.82) is 0 Å². The minimum absolute atomic E-state index is 0.733. The van der Waals surface area contributed by atoms with E-state index >= 15 is 0 Å². The highest BCUT2D eigenvalue weighted by atomic mass is 32.1. The monoisotopic (exact) mass is 403 g/mol. The zero-order valence-electron chi connectivity index (χ0n) is 16.2. The lowest BCUT2D eigenvalue weighted by Crippen LogP contribution is -2.20. The molecule has 1 N–H and O–H groups in total. The second kappa shape index (κ2) is 7.81. The Morgan fingerprint density at radius 1 is 1.03 bits per heavy atom. The minimum Gasteiger partial charge on any atom is -0.325 e. The summed E-state index contributed by atoms with van der Waals surface area (Å²) in [6.07, 6.45) is 9.47. The average Bonchev–Trinajstić information content (AvgIpc) is 3.40. The van der Waals surface area contributed by atoms with Gasteiger partial charge in [0.2, 0.25) is 0 Å². The van der Waals surface area contributed by atoms with Gasteiger partial charge in [-0.25, -0.2) is 15.0 Å². The predicted molar refractivity (Wildman–Crippen MR) is 115 cm³/mol. The first-order chi connectivity index (χ1) is 14.2. The van der Waals surface area contributed by atoms with E-state index in [0.29, 0.717) is 0 Å². The van der Waals surface area contributed by atoms with Crippen molar-refractivity contribution in [3.8, 4) is 10.7 Å². The fourth-order valence-electron chi connectivity index (χ4n) is 3.51. The van der Waals surface area contributed by atoms with Crippen LogP contribution in [0.15, 0.2) is 43.0 Å². The molecule has 0 aliphatic carbocycles. The lowest BCUT2D eigenvalue weighted by atomic mass is 10.2. The SMILES string of the molecule is Cc1ccc(Nc2cc3nc(-c4cnccn4)sc3cn2)nc1CN1CCCC1. The largest absolute Gasteiger partial charge is 0.325 e. The van der Waals surface area contributed by atoms with Crippen molar-refractivity contribution in [2.45, 2.75) is 26.3 Å². The summed E-state index contributed by atoms with van der Waals surface area (Å²) in [7, 11) is 0. The molecule has 1 aliphatic heterocycles. The first-order valence-corrected chi connectivity index (χ1v) is 10.6. The van der Waals surface area contributed by atoms with Gasteiger partial charge >= 0.3 is 0 Å².